The number of benzene rings is 3. The minimum atomic E-state index is -0.563. The highest BCUT2D eigenvalue weighted by atomic mass is 79.9. The van der Waals surface area contributed by atoms with Crippen LogP contribution >= 0.6 is 63.7 Å². The molecule has 14 heteroatoms. The maximum absolute atomic E-state index is 11.8. The Balaban J connectivity index is 1.66. The van der Waals surface area contributed by atoms with Gasteiger partial charge >= 0.3 is 11.4 Å². The number of aromatic nitrogens is 6. The lowest BCUT2D eigenvalue weighted by Gasteiger charge is -2.12. The topological polar surface area (TPSA) is 149 Å². The van der Waals surface area contributed by atoms with Gasteiger partial charge in [0.1, 0.15) is 16.6 Å². The van der Waals surface area contributed by atoms with Crippen molar-refractivity contribution in [2.45, 2.75) is 0 Å². The van der Waals surface area contributed by atoms with Gasteiger partial charge in [0.25, 0.3) is 0 Å². The SMILES string of the molecule is O=c1nc2cc3[nH]c4c(Br)c5oc6c(Br)c7[nH]c(=O)[nH]c7cc6[nH]c5c(Br)c4oc3c(Br)c2n1. The first-order valence-corrected chi connectivity index (χ1v) is 12.7. The Hall–Kier alpha value is -2.68. The Morgan fingerprint density at radius 1 is 0.618 bits per heavy atom. The molecule has 0 aliphatic heterocycles. The molecule has 0 fully saturated rings. The fourth-order valence-electron chi connectivity index (χ4n) is 4.06. The number of halogens is 4. The van der Waals surface area contributed by atoms with Gasteiger partial charge in [0, 0.05) is 0 Å². The molecule has 10 nitrogen and oxygen atoms in total. The summed E-state index contributed by atoms with van der Waals surface area (Å²) in [5.74, 6) is 0. The van der Waals surface area contributed by atoms with Crippen molar-refractivity contribution < 1.29 is 8.83 Å². The van der Waals surface area contributed by atoms with Crippen LogP contribution in [0.25, 0.3) is 66.5 Å². The molecule has 0 atom stereocenters. The molecule has 0 saturated carbocycles. The minimum absolute atomic E-state index is 0.318. The monoisotopic (exact) mass is 710 g/mol. The van der Waals surface area contributed by atoms with Crippen LogP contribution in [0.4, 0.5) is 0 Å². The highest BCUT2D eigenvalue weighted by molar-refractivity contribution is 9.11. The van der Waals surface area contributed by atoms with Gasteiger partial charge in [-0.15, -0.1) is 0 Å². The molecule has 0 amide bonds. The van der Waals surface area contributed by atoms with Crippen LogP contribution in [0.3, 0.4) is 0 Å². The van der Waals surface area contributed by atoms with Crippen molar-refractivity contribution in [1.82, 2.24) is 29.9 Å². The number of fused-ring (bicyclic) bond motifs is 6. The predicted molar refractivity (Wildman–Crippen MR) is 141 cm³/mol. The van der Waals surface area contributed by atoms with Crippen LogP contribution in [0.5, 0.6) is 0 Å². The standard InChI is InChI=1S/C20H6Br4N6O4/c21-7-11-3(27-19(31)29-11)1-5-15(7)33-17-10(24)14-18(9(23)13(17)25-5)34-16-6(26-14)2-4-12(8(16)22)30-20(32)28-4/h1-2,25-26H,(H2,27,29,31). The van der Waals surface area contributed by atoms with Crippen LogP contribution < -0.4 is 11.4 Å². The Morgan fingerprint density at radius 3 is 1.88 bits per heavy atom. The number of aromatic amines is 4. The van der Waals surface area contributed by atoms with Crippen molar-refractivity contribution >= 4 is 130 Å². The van der Waals surface area contributed by atoms with Gasteiger partial charge < -0.3 is 28.8 Å². The zero-order valence-corrected chi connectivity index (χ0v) is 22.5. The van der Waals surface area contributed by atoms with E-state index in [1.54, 1.807) is 12.1 Å². The summed E-state index contributed by atoms with van der Waals surface area (Å²) in [7, 11) is 0. The summed E-state index contributed by atoms with van der Waals surface area (Å²) in [4.78, 5) is 43.6. The van der Waals surface area contributed by atoms with Crippen LogP contribution in [0, 0.1) is 0 Å². The van der Waals surface area contributed by atoms with Crippen LogP contribution in [0.1, 0.15) is 0 Å². The van der Waals surface area contributed by atoms with Gasteiger partial charge in [-0.2, -0.15) is 9.97 Å². The third-order valence-corrected chi connectivity index (χ3v) is 8.53. The lowest BCUT2D eigenvalue weighted by molar-refractivity contribution is 0.643. The van der Waals surface area contributed by atoms with E-state index in [1.165, 1.54) is 0 Å². The first kappa shape index (κ1) is 20.7. The number of hydrogen-bond donors (Lipinski definition) is 4. The molecule has 3 aromatic carbocycles. The first-order chi connectivity index (χ1) is 16.3. The zero-order chi connectivity index (χ0) is 23.5. The quantitative estimate of drug-likeness (QED) is 0.137. The van der Waals surface area contributed by atoms with Crippen molar-refractivity contribution in [3.05, 3.63) is 51.0 Å². The molecule has 7 rings (SSSR count). The molecule has 0 saturated heterocycles. The Labute approximate surface area is 218 Å². The van der Waals surface area contributed by atoms with Gasteiger partial charge in [-0.1, -0.05) is 0 Å². The summed E-state index contributed by atoms with van der Waals surface area (Å²) in [5, 5.41) is 0. The number of H-pyrrole nitrogens is 4. The number of nitrogens with one attached hydrogen (secondary N) is 4. The van der Waals surface area contributed by atoms with E-state index in [1.807, 2.05) is 0 Å². The van der Waals surface area contributed by atoms with E-state index in [-0.39, 0.29) is 5.69 Å². The van der Waals surface area contributed by atoms with E-state index in [4.69, 9.17) is 8.83 Å². The van der Waals surface area contributed by atoms with Gasteiger partial charge in [0.15, 0.2) is 22.3 Å². The van der Waals surface area contributed by atoms with Crippen molar-refractivity contribution in [2.75, 3.05) is 0 Å². The highest BCUT2D eigenvalue weighted by Gasteiger charge is 2.21. The van der Waals surface area contributed by atoms with Gasteiger partial charge in [-0.05, 0) is 75.9 Å². The lowest BCUT2D eigenvalue weighted by atomic mass is 10.2. The minimum Gasteiger partial charge on any atom is -0.450 e. The largest absolute Gasteiger partial charge is 0.450 e. The Bertz CT molecular complexity index is 2020. The van der Waals surface area contributed by atoms with E-state index in [2.05, 4.69) is 93.6 Å². The summed E-state index contributed by atoms with van der Waals surface area (Å²) in [6.45, 7) is 0. The maximum Gasteiger partial charge on any atom is 0.368 e. The van der Waals surface area contributed by atoms with Crippen LogP contribution in [0.15, 0.2) is 48.4 Å². The van der Waals surface area contributed by atoms with E-state index < -0.39 is 5.69 Å². The second kappa shape index (κ2) is 6.93. The molecule has 34 heavy (non-hydrogen) atoms. The van der Waals surface area contributed by atoms with Crippen molar-refractivity contribution in [1.29, 1.82) is 0 Å². The highest BCUT2D eigenvalue weighted by Crippen LogP contribution is 2.43. The molecule has 0 aliphatic carbocycles. The zero-order valence-electron chi connectivity index (χ0n) is 16.2. The number of nitrogens with zero attached hydrogens (tertiary/aromatic N) is 2. The molecule has 4 aromatic heterocycles. The third kappa shape index (κ3) is 2.70. The second-order valence-electron chi connectivity index (χ2n) is 7.50. The lowest BCUT2D eigenvalue weighted by Crippen LogP contribution is -1.99. The average molecular weight is 714 g/mol. The first-order valence-electron chi connectivity index (χ1n) is 9.53. The van der Waals surface area contributed by atoms with Crippen molar-refractivity contribution in [3.8, 4) is 0 Å². The van der Waals surface area contributed by atoms with Gasteiger partial charge in [0.05, 0.1) is 45.5 Å². The summed E-state index contributed by atoms with van der Waals surface area (Å²) in [6, 6.07) is 3.49. The van der Waals surface area contributed by atoms with Gasteiger partial charge in [-0.25, -0.2) is 9.59 Å². The summed E-state index contributed by atoms with van der Waals surface area (Å²) in [5.41, 5.74) is 5.69. The molecular weight excluding hydrogens is 708 g/mol. The summed E-state index contributed by atoms with van der Waals surface area (Å²) >= 11 is 14.3. The normalized spacial score (nSPS) is 12.4. The fourth-order valence-corrected chi connectivity index (χ4v) is 6.37. The number of imidazole rings is 2. The molecule has 0 aliphatic rings. The molecule has 4 heterocycles. The molecule has 0 spiro atoms. The Kier molecular flexibility index (Phi) is 4.21. The predicted octanol–water partition coefficient (Wildman–Crippen LogP) is 6.23. The maximum atomic E-state index is 11.8. The second-order valence-corrected chi connectivity index (χ2v) is 10.7. The third-order valence-electron chi connectivity index (χ3n) is 5.53. The van der Waals surface area contributed by atoms with Gasteiger partial charge in [0.2, 0.25) is 0 Å². The number of rotatable bonds is 0. The van der Waals surface area contributed by atoms with Crippen LogP contribution in [0.2, 0.25) is 0 Å². The average Bonchev–Trinajstić information content (AvgIpc) is 3.37. The molecule has 168 valence electrons. The van der Waals surface area contributed by atoms with E-state index in [0.29, 0.717) is 84.4 Å². The molecule has 4 N–H and O–H groups in total. The van der Waals surface area contributed by atoms with Gasteiger partial charge in [-0.3, -0.25) is 0 Å². The molecule has 7 aromatic rings. The molecular formula is C20H6Br4N6O4. The van der Waals surface area contributed by atoms with Crippen molar-refractivity contribution in [2.24, 2.45) is 0 Å². The van der Waals surface area contributed by atoms with E-state index in [0.717, 1.165) is 0 Å². The molecule has 0 radical (unpaired) electrons. The molecule has 0 unspecified atom stereocenters. The Morgan fingerprint density at radius 2 is 1.21 bits per heavy atom. The van der Waals surface area contributed by atoms with Crippen LogP contribution in [-0.2, 0) is 0 Å². The smallest absolute Gasteiger partial charge is 0.368 e. The van der Waals surface area contributed by atoms with E-state index in [9.17, 15) is 9.59 Å². The van der Waals surface area contributed by atoms with Crippen LogP contribution in [-0.4, -0.2) is 29.9 Å². The number of hydrogen-bond acceptors (Lipinski definition) is 6. The molecule has 0 bridgehead atoms. The summed E-state index contributed by atoms with van der Waals surface area (Å²) in [6.07, 6.45) is 0. The van der Waals surface area contributed by atoms with E-state index >= 15 is 0 Å². The summed E-state index contributed by atoms with van der Waals surface area (Å²) < 4.78 is 14.9. The fraction of sp³-hybridized carbons (Fsp3) is 0. The van der Waals surface area contributed by atoms with Crippen molar-refractivity contribution in [3.63, 3.8) is 0 Å².